The van der Waals surface area contributed by atoms with Gasteiger partial charge in [-0.15, -0.1) is 10.3 Å². The molecule has 6 heteroatoms. The number of hydroxylamine groups is 2. The van der Waals surface area contributed by atoms with E-state index in [1.54, 1.807) is 0 Å². The van der Waals surface area contributed by atoms with Crippen molar-refractivity contribution < 1.29 is 34.2 Å². The van der Waals surface area contributed by atoms with Crippen LogP contribution in [0.1, 0.15) is 48.0 Å². The Labute approximate surface area is 122 Å². The van der Waals surface area contributed by atoms with E-state index < -0.39 is 80.5 Å². The summed E-state index contributed by atoms with van der Waals surface area (Å²) in [4.78, 5) is 0. The molecule has 0 saturated heterocycles. The van der Waals surface area contributed by atoms with E-state index in [2.05, 4.69) is 0 Å². The predicted molar refractivity (Wildman–Crippen MR) is 66.1 cm³/mol. The second kappa shape index (κ2) is 4.01. The third kappa shape index (κ3) is 2.80. The van der Waals surface area contributed by atoms with Crippen molar-refractivity contribution >= 4 is 19.7 Å². The van der Waals surface area contributed by atoms with E-state index in [0.717, 1.165) is 0 Å². The molecule has 1 aliphatic rings. The van der Waals surface area contributed by atoms with Crippen molar-refractivity contribution in [1.29, 1.82) is 0 Å². The van der Waals surface area contributed by atoms with Crippen LogP contribution < -0.4 is 0 Å². The summed E-state index contributed by atoms with van der Waals surface area (Å²) in [7, 11) is -5.14. The quantitative estimate of drug-likeness (QED) is 0.584. The largest absolute Gasteiger partial charge is 0.218 e. The van der Waals surface area contributed by atoms with Crippen molar-refractivity contribution in [2.45, 2.75) is 38.5 Å². The minimum Gasteiger partial charge on any atom is -0.218 e. The lowest BCUT2D eigenvalue weighted by atomic mass is 9.98. The SMILES string of the molecule is [2H]C1=C(C([2H])([2H])SS(C)(=O)=O)C(C([2H])([2H])[2H])(C([2H])([2H])[2H])N([O])C1(C([2H])([2H])[2H])C([2H])([2H])[2H]. The molecule has 0 aromatic heterocycles. The third-order valence-electron chi connectivity index (χ3n) is 1.57. The number of hydrogen-bond acceptors (Lipinski definition) is 4. The summed E-state index contributed by atoms with van der Waals surface area (Å²) >= 11 is 0. The molecule has 0 aromatic carbocycles. The maximum absolute atomic E-state index is 13.4. The Kier molecular flexibility index (Phi) is 0.934. The Morgan fingerprint density at radius 2 is 2.19 bits per heavy atom. The average molecular weight is 279 g/mol. The highest BCUT2D eigenvalue weighted by atomic mass is 33.1. The lowest BCUT2D eigenvalue weighted by Gasteiger charge is -2.33. The molecule has 0 unspecified atom stereocenters. The highest BCUT2D eigenvalue weighted by molar-refractivity contribution is 8.71. The Balaban J connectivity index is 4.48. The van der Waals surface area contributed by atoms with Gasteiger partial charge in [-0.1, -0.05) is 6.05 Å². The van der Waals surface area contributed by atoms with Crippen LogP contribution in [0.5, 0.6) is 0 Å². The van der Waals surface area contributed by atoms with Gasteiger partial charge in [0.25, 0.3) is 0 Å². The first-order chi connectivity index (χ1) is 13.1. The molecule has 0 atom stereocenters. The van der Waals surface area contributed by atoms with Crippen molar-refractivity contribution in [3.05, 3.63) is 11.6 Å². The summed E-state index contributed by atoms with van der Waals surface area (Å²) in [6.45, 7) is -16.3. The molecule has 4 nitrogen and oxygen atoms in total. The molecule has 1 aliphatic heterocycles. The Morgan fingerprint density at radius 3 is 2.62 bits per heavy atom. The Bertz CT molecular complexity index is 835. The molecule has 0 saturated carbocycles. The normalized spacial score (nSPS) is 43.0. The summed E-state index contributed by atoms with van der Waals surface area (Å²) in [6, 6.07) is -1.95. The highest BCUT2D eigenvalue weighted by Gasteiger charge is 2.46. The first-order valence-corrected chi connectivity index (χ1v) is 6.97. The maximum Gasteiger partial charge on any atom is 0.199 e. The second-order valence-corrected chi connectivity index (χ2v) is 7.20. The van der Waals surface area contributed by atoms with Crippen LogP contribution in [0.3, 0.4) is 0 Å². The van der Waals surface area contributed by atoms with Gasteiger partial charge in [-0.05, 0) is 43.8 Å². The number of hydrogen-bond donors (Lipinski definition) is 0. The van der Waals surface area contributed by atoms with Crippen LogP contribution in [0.15, 0.2) is 11.6 Å². The highest BCUT2D eigenvalue weighted by Crippen LogP contribution is 2.40. The van der Waals surface area contributed by atoms with E-state index in [-0.39, 0.29) is 0 Å². The van der Waals surface area contributed by atoms with Gasteiger partial charge in [0.1, 0.15) is 0 Å². The van der Waals surface area contributed by atoms with Crippen LogP contribution in [-0.4, -0.2) is 36.5 Å². The predicted octanol–water partition coefficient (Wildman–Crippen LogP) is 1.82. The second-order valence-electron chi connectivity index (χ2n) is 3.10. The van der Waals surface area contributed by atoms with Crippen molar-refractivity contribution in [2.75, 3.05) is 12.0 Å². The van der Waals surface area contributed by atoms with Crippen molar-refractivity contribution in [3.63, 3.8) is 0 Å². The van der Waals surface area contributed by atoms with Crippen LogP contribution in [0.4, 0.5) is 0 Å². The fourth-order valence-electron chi connectivity index (χ4n) is 0.892. The van der Waals surface area contributed by atoms with Crippen LogP contribution in [0, 0.1) is 0 Å². The van der Waals surface area contributed by atoms with E-state index in [1.807, 2.05) is 0 Å². The lowest BCUT2D eigenvalue weighted by molar-refractivity contribution is -0.238. The molecule has 0 N–H and O–H groups in total. The molecule has 93 valence electrons. The lowest BCUT2D eigenvalue weighted by Crippen LogP contribution is -2.47. The number of nitrogens with zero attached hydrogens (tertiary/aromatic N) is 1. The summed E-state index contributed by atoms with van der Waals surface area (Å²) in [5, 5.41) is 12.1. The van der Waals surface area contributed by atoms with Crippen molar-refractivity contribution in [2.24, 2.45) is 0 Å². The first-order valence-electron chi connectivity index (χ1n) is 11.2. The molecule has 0 aromatic rings. The minimum atomic E-state index is -4.45. The van der Waals surface area contributed by atoms with E-state index in [1.165, 1.54) is 0 Å². The van der Waals surface area contributed by atoms with Gasteiger partial charge in [0.05, 0.1) is 12.4 Å². The van der Waals surface area contributed by atoms with E-state index >= 15 is 0 Å². The number of rotatable bonds is 3. The summed E-state index contributed by atoms with van der Waals surface area (Å²) in [5.74, 6) is 0. The molecule has 0 bridgehead atoms. The Morgan fingerprint density at radius 1 is 1.56 bits per heavy atom. The Hall–Kier alpha value is -0.0400. The van der Waals surface area contributed by atoms with Crippen LogP contribution in [0.25, 0.3) is 0 Å². The molecular formula is C10H18NO3S2. The molecule has 0 amide bonds. The van der Waals surface area contributed by atoms with Crippen molar-refractivity contribution in [1.82, 2.24) is 5.06 Å². The molecule has 0 aliphatic carbocycles. The monoisotopic (exact) mass is 279 g/mol. The molecular weight excluding hydrogens is 246 g/mol. The molecule has 1 heterocycles. The summed E-state index contributed by atoms with van der Waals surface area (Å²) in [6.07, 6.45) is 0.455. The van der Waals surface area contributed by atoms with Gasteiger partial charge in [0.15, 0.2) is 8.87 Å². The van der Waals surface area contributed by atoms with Gasteiger partial charge < -0.3 is 0 Å². The van der Waals surface area contributed by atoms with Gasteiger partial charge >= 0.3 is 0 Å². The maximum atomic E-state index is 13.4. The molecule has 0 spiro atoms. The molecule has 16 heavy (non-hydrogen) atoms. The van der Waals surface area contributed by atoms with E-state index in [9.17, 15) is 13.6 Å². The van der Waals surface area contributed by atoms with Crippen LogP contribution in [0.2, 0.25) is 0 Å². The average Bonchev–Trinajstić information content (AvgIpc) is 2.59. The van der Waals surface area contributed by atoms with Crippen molar-refractivity contribution in [3.8, 4) is 0 Å². The zero-order valence-electron chi connectivity index (χ0n) is 23.0. The summed E-state index contributed by atoms with van der Waals surface area (Å²) < 4.78 is 140. The molecule has 0 fully saturated rings. The molecule has 1 radical (unpaired) electrons. The van der Waals surface area contributed by atoms with Gasteiger partial charge in [-0.2, -0.15) is 0 Å². The third-order valence-corrected chi connectivity index (χ3v) is 3.32. The summed E-state index contributed by atoms with van der Waals surface area (Å²) in [5.41, 5.74) is -13.9. The topological polar surface area (TPSA) is 57.3 Å². The minimum absolute atomic E-state index is 0.455. The van der Waals surface area contributed by atoms with Gasteiger partial charge in [-0.25, -0.2) is 8.42 Å². The zero-order valence-corrected chi connectivity index (χ0v) is 9.62. The first kappa shape index (κ1) is 3.73. The van der Waals surface area contributed by atoms with Gasteiger partial charge in [0, 0.05) is 31.2 Å². The van der Waals surface area contributed by atoms with E-state index in [0.29, 0.717) is 6.26 Å². The smallest absolute Gasteiger partial charge is 0.199 e. The fourth-order valence-corrected chi connectivity index (χ4v) is 2.03. The fraction of sp³-hybridized carbons (Fsp3) is 0.800. The standard InChI is InChI=1S/C10H18NO3S2/c1-9(2)6-8(7-15-16(5,13)14)10(3,4)11(9)12/h6H,7H2,1-5H3/i1D3,2D3,3D3,4D3,6D,7D2. The van der Waals surface area contributed by atoms with Crippen LogP contribution in [-0.2, 0) is 14.1 Å². The molecule has 1 rings (SSSR count). The van der Waals surface area contributed by atoms with Gasteiger partial charge in [0.2, 0.25) is 0 Å². The van der Waals surface area contributed by atoms with Gasteiger partial charge in [-0.3, -0.25) is 0 Å². The van der Waals surface area contributed by atoms with Crippen LogP contribution >= 0.6 is 10.8 Å². The zero-order chi connectivity index (χ0) is 25.4. The van der Waals surface area contributed by atoms with E-state index in [4.69, 9.17) is 20.6 Å².